The van der Waals surface area contributed by atoms with Gasteiger partial charge in [0, 0.05) is 5.75 Å². The Labute approximate surface area is 125 Å². The Morgan fingerprint density at radius 1 is 1.30 bits per heavy atom. The Morgan fingerprint density at radius 3 is 2.55 bits per heavy atom. The van der Waals surface area contributed by atoms with Gasteiger partial charge in [-0.1, -0.05) is 73.7 Å². The highest BCUT2D eigenvalue weighted by Gasteiger charge is 2.23. The van der Waals surface area contributed by atoms with Crippen LogP contribution in [0.2, 0.25) is 0 Å². The van der Waals surface area contributed by atoms with Gasteiger partial charge in [-0.05, 0) is 17.6 Å². The number of nitrogens with one attached hydrogen (secondary N) is 1. The van der Waals surface area contributed by atoms with Crippen molar-refractivity contribution in [1.29, 1.82) is 0 Å². The van der Waals surface area contributed by atoms with Gasteiger partial charge >= 0.3 is 7.12 Å². The van der Waals surface area contributed by atoms with Crippen LogP contribution in [0.4, 0.5) is 0 Å². The van der Waals surface area contributed by atoms with Crippen molar-refractivity contribution in [3.63, 3.8) is 0 Å². The summed E-state index contributed by atoms with van der Waals surface area (Å²) in [5, 5.41) is 18.8. The first-order valence-electron chi connectivity index (χ1n) is 6.38. The van der Waals surface area contributed by atoms with Crippen molar-refractivity contribution < 1.29 is 10.0 Å². The molecule has 106 valence electrons. The fraction of sp³-hybridized carbons (Fsp3) is 0.200. The number of hydrogen-bond donors (Lipinski definition) is 3. The molecule has 0 fully saturated rings. The molecule has 5 heteroatoms. The number of allylic oxidation sites excluding steroid dienone is 3. The standard InChI is InChI=1S/C15H20BNO2S/c1-3-8-13(4-2)11-15(16(18)19)17-20-12-14-9-6-5-7-10-14/h3-10,15,17-19H,1-2,11-12H2/b13-8+. The second-order valence-electron chi connectivity index (χ2n) is 4.30. The van der Waals surface area contributed by atoms with Gasteiger partial charge in [-0.3, -0.25) is 4.72 Å². The van der Waals surface area contributed by atoms with Gasteiger partial charge in [0.05, 0.1) is 5.94 Å². The molecule has 0 saturated carbocycles. The van der Waals surface area contributed by atoms with Crippen molar-refractivity contribution in [2.45, 2.75) is 18.1 Å². The predicted octanol–water partition coefficient (Wildman–Crippen LogP) is 2.49. The lowest BCUT2D eigenvalue weighted by Crippen LogP contribution is -2.40. The summed E-state index contributed by atoms with van der Waals surface area (Å²) in [5.41, 5.74) is 2.09. The van der Waals surface area contributed by atoms with E-state index in [0.29, 0.717) is 6.42 Å². The van der Waals surface area contributed by atoms with E-state index in [4.69, 9.17) is 0 Å². The first kappa shape index (κ1) is 16.8. The Balaban J connectivity index is 2.49. The molecule has 1 rings (SSSR count). The van der Waals surface area contributed by atoms with Crippen LogP contribution in [0.3, 0.4) is 0 Å². The van der Waals surface area contributed by atoms with Crippen LogP contribution in [0.1, 0.15) is 12.0 Å². The quantitative estimate of drug-likeness (QED) is 0.371. The van der Waals surface area contributed by atoms with Gasteiger partial charge in [0.1, 0.15) is 0 Å². The molecule has 0 aromatic heterocycles. The van der Waals surface area contributed by atoms with Crippen LogP contribution in [0.25, 0.3) is 0 Å². The van der Waals surface area contributed by atoms with Crippen molar-refractivity contribution in [3.8, 4) is 0 Å². The third kappa shape index (κ3) is 6.26. The van der Waals surface area contributed by atoms with E-state index in [9.17, 15) is 10.0 Å². The summed E-state index contributed by atoms with van der Waals surface area (Å²) < 4.78 is 3.08. The van der Waals surface area contributed by atoms with Crippen LogP contribution in [0.15, 0.2) is 67.3 Å². The molecular formula is C15H20BNO2S. The molecule has 0 amide bonds. The van der Waals surface area contributed by atoms with Crippen molar-refractivity contribution in [3.05, 3.63) is 72.9 Å². The average Bonchev–Trinajstić information content (AvgIpc) is 2.46. The van der Waals surface area contributed by atoms with Gasteiger partial charge in [-0.2, -0.15) is 0 Å². The van der Waals surface area contributed by atoms with E-state index in [1.807, 2.05) is 36.4 Å². The summed E-state index contributed by atoms with van der Waals surface area (Å²) in [5.74, 6) is 0.312. The van der Waals surface area contributed by atoms with Crippen molar-refractivity contribution in [1.82, 2.24) is 4.72 Å². The highest BCUT2D eigenvalue weighted by atomic mass is 32.2. The molecule has 0 aliphatic carbocycles. The van der Waals surface area contributed by atoms with Gasteiger partial charge in [0.25, 0.3) is 0 Å². The molecule has 1 aromatic carbocycles. The molecule has 3 N–H and O–H groups in total. The molecule has 1 unspecified atom stereocenters. The minimum atomic E-state index is -1.42. The van der Waals surface area contributed by atoms with E-state index in [2.05, 4.69) is 17.9 Å². The third-order valence-corrected chi connectivity index (χ3v) is 3.67. The summed E-state index contributed by atoms with van der Waals surface area (Å²) >= 11 is 1.46. The highest BCUT2D eigenvalue weighted by molar-refractivity contribution is 7.96. The molecule has 0 radical (unpaired) electrons. The molecule has 1 aromatic rings. The van der Waals surface area contributed by atoms with Crippen LogP contribution in [-0.2, 0) is 5.75 Å². The lowest BCUT2D eigenvalue weighted by molar-refractivity contribution is 0.382. The first-order valence-corrected chi connectivity index (χ1v) is 7.37. The minimum absolute atomic E-state index is 0.451. The Morgan fingerprint density at radius 2 is 2.00 bits per heavy atom. The van der Waals surface area contributed by atoms with Crippen LogP contribution >= 0.6 is 11.9 Å². The molecular weight excluding hydrogens is 269 g/mol. The second kappa shape index (κ2) is 9.61. The van der Waals surface area contributed by atoms with E-state index in [1.165, 1.54) is 17.5 Å². The fourth-order valence-electron chi connectivity index (χ4n) is 1.64. The average molecular weight is 289 g/mol. The van der Waals surface area contributed by atoms with E-state index in [0.717, 1.165) is 11.3 Å². The normalized spacial score (nSPS) is 12.8. The Hall–Kier alpha value is -1.27. The maximum Gasteiger partial charge on any atom is 0.470 e. The molecule has 20 heavy (non-hydrogen) atoms. The topological polar surface area (TPSA) is 52.5 Å². The van der Waals surface area contributed by atoms with Crippen LogP contribution in [-0.4, -0.2) is 23.1 Å². The number of rotatable bonds is 9. The predicted molar refractivity (Wildman–Crippen MR) is 87.9 cm³/mol. The highest BCUT2D eigenvalue weighted by Crippen LogP contribution is 2.14. The zero-order valence-electron chi connectivity index (χ0n) is 11.4. The minimum Gasteiger partial charge on any atom is -0.426 e. The van der Waals surface area contributed by atoms with Crippen LogP contribution in [0.5, 0.6) is 0 Å². The zero-order valence-corrected chi connectivity index (χ0v) is 12.2. The Bertz CT molecular complexity index is 448. The van der Waals surface area contributed by atoms with Gasteiger partial charge < -0.3 is 10.0 Å². The van der Waals surface area contributed by atoms with Crippen molar-refractivity contribution in [2.75, 3.05) is 0 Å². The first-order chi connectivity index (χ1) is 9.67. The van der Waals surface area contributed by atoms with Gasteiger partial charge in [0.15, 0.2) is 0 Å². The molecule has 1 atom stereocenters. The smallest absolute Gasteiger partial charge is 0.426 e. The molecule has 0 bridgehead atoms. The van der Waals surface area contributed by atoms with E-state index < -0.39 is 13.1 Å². The van der Waals surface area contributed by atoms with Crippen LogP contribution in [0, 0.1) is 0 Å². The van der Waals surface area contributed by atoms with Gasteiger partial charge in [-0.15, -0.1) is 0 Å². The largest absolute Gasteiger partial charge is 0.470 e. The van der Waals surface area contributed by atoms with Gasteiger partial charge in [-0.25, -0.2) is 0 Å². The fourth-order valence-corrected chi connectivity index (χ4v) is 2.50. The number of benzene rings is 1. The maximum atomic E-state index is 9.41. The molecule has 0 spiro atoms. The lowest BCUT2D eigenvalue weighted by atomic mass is 9.76. The molecule has 3 nitrogen and oxygen atoms in total. The Kier molecular flexibility index (Phi) is 8.07. The molecule has 0 aliphatic rings. The summed E-state index contributed by atoms with van der Waals surface area (Å²) in [6, 6.07) is 10.0. The summed E-state index contributed by atoms with van der Waals surface area (Å²) in [7, 11) is -1.42. The molecule has 0 heterocycles. The third-order valence-electron chi connectivity index (χ3n) is 2.73. The second-order valence-corrected chi connectivity index (χ2v) is 5.11. The summed E-state index contributed by atoms with van der Waals surface area (Å²) in [4.78, 5) is 0. The van der Waals surface area contributed by atoms with Crippen LogP contribution < -0.4 is 4.72 Å². The van der Waals surface area contributed by atoms with Crippen molar-refractivity contribution in [2.24, 2.45) is 0 Å². The van der Waals surface area contributed by atoms with Crippen molar-refractivity contribution >= 4 is 19.1 Å². The monoisotopic (exact) mass is 289 g/mol. The van der Waals surface area contributed by atoms with E-state index in [1.54, 1.807) is 12.2 Å². The summed E-state index contributed by atoms with van der Waals surface area (Å²) in [6.45, 7) is 7.33. The maximum absolute atomic E-state index is 9.41. The van der Waals surface area contributed by atoms with E-state index >= 15 is 0 Å². The number of hydrogen-bond acceptors (Lipinski definition) is 4. The summed E-state index contributed by atoms with van der Waals surface area (Å²) in [6.07, 6.45) is 5.65. The molecule has 0 aliphatic heterocycles. The molecule has 0 saturated heterocycles. The zero-order chi connectivity index (χ0) is 14.8. The van der Waals surface area contributed by atoms with E-state index in [-0.39, 0.29) is 0 Å². The van der Waals surface area contributed by atoms with Gasteiger partial charge in [0.2, 0.25) is 0 Å². The SMILES string of the molecule is C=C/C=C(\C=C)CC(NSCc1ccccc1)B(O)O. The lowest BCUT2D eigenvalue weighted by Gasteiger charge is -2.17.